The SMILES string of the molecule is O=C([O-])CC(=O)OC12CC3CC(CC(C3)C1)C2. The molecule has 4 saturated carbocycles. The van der Waals surface area contributed by atoms with Crippen molar-refractivity contribution in [3.63, 3.8) is 0 Å². The smallest absolute Gasteiger partial charge is 0.312 e. The number of aliphatic carboxylic acids is 1. The van der Waals surface area contributed by atoms with Gasteiger partial charge in [0, 0.05) is 0 Å². The highest BCUT2D eigenvalue weighted by molar-refractivity contribution is 5.89. The van der Waals surface area contributed by atoms with Crippen LogP contribution in [0.25, 0.3) is 0 Å². The van der Waals surface area contributed by atoms with Gasteiger partial charge in [0.15, 0.2) is 0 Å². The molecule has 0 radical (unpaired) electrons. The summed E-state index contributed by atoms with van der Waals surface area (Å²) in [5, 5.41) is 10.4. The van der Waals surface area contributed by atoms with E-state index in [9.17, 15) is 14.7 Å². The van der Waals surface area contributed by atoms with Crippen molar-refractivity contribution in [2.24, 2.45) is 17.8 Å². The number of ether oxygens (including phenoxy) is 1. The van der Waals surface area contributed by atoms with Gasteiger partial charge in [-0.05, 0) is 56.3 Å². The zero-order valence-electron chi connectivity index (χ0n) is 9.81. The fourth-order valence-electron chi connectivity index (χ4n) is 4.55. The van der Waals surface area contributed by atoms with Crippen molar-refractivity contribution in [3.05, 3.63) is 0 Å². The zero-order valence-corrected chi connectivity index (χ0v) is 9.81. The van der Waals surface area contributed by atoms with E-state index in [1.165, 1.54) is 19.3 Å². The predicted octanol–water partition coefficient (Wildman–Crippen LogP) is 0.638. The van der Waals surface area contributed by atoms with Crippen molar-refractivity contribution in [2.45, 2.75) is 50.5 Å². The molecule has 0 saturated heterocycles. The van der Waals surface area contributed by atoms with E-state index in [4.69, 9.17) is 4.74 Å². The van der Waals surface area contributed by atoms with Crippen LogP contribution in [0.4, 0.5) is 0 Å². The molecular weight excluding hydrogens is 220 g/mol. The summed E-state index contributed by atoms with van der Waals surface area (Å²) < 4.78 is 5.50. The summed E-state index contributed by atoms with van der Waals surface area (Å²) in [5.41, 5.74) is -0.332. The Kier molecular flexibility index (Phi) is 2.42. The van der Waals surface area contributed by atoms with Gasteiger partial charge in [0.1, 0.15) is 5.60 Å². The van der Waals surface area contributed by atoms with E-state index < -0.39 is 18.4 Å². The lowest BCUT2D eigenvalue weighted by Crippen LogP contribution is -2.53. The molecule has 4 aliphatic carbocycles. The van der Waals surface area contributed by atoms with Crippen LogP contribution in [-0.4, -0.2) is 17.5 Å². The molecule has 4 fully saturated rings. The molecular formula is C13H17O4-. The Hall–Kier alpha value is -1.06. The summed E-state index contributed by atoms with van der Waals surface area (Å²) in [6.45, 7) is 0. The fraction of sp³-hybridized carbons (Fsp3) is 0.846. The number of carbonyl (C=O) groups excluding carboxylic acids is 2. The van der Waals surface area contributed by atoms with Crippen LogP contribution in [0.5, 0.6) is 0 Å². The minimum Gasteiger partial charge on any atom is -0.550 e. The van der Waals surface area contributed by atoms with Gasteiger partial charge in [-0.25, -0.2) is 0 Å². The van der Waals surface area contributed by atoms with Gasteiger partial charge in [-0.15, -0.1) is 0 Å². The van der Waals surface area contributed by atoms with Crippen LogP contribution in [0, 0.1) is 17.8 Å². The van der Waals surface area contributed by atoms with Gasteiger partial charge >= 0.3 is 5.97 Å². The molecule has 0 spiro atoms. The van der Waals surface area contributed by atoms with E-state index in [0.29, 0.717) is 17.8 Å². The first-order chi connectivity index (χ1) is 8.05. The van der Waals surface area contributed by atoms with Gasteiger partial charge in [0.25, 0.3) is 0 Å². The topological polar surface area (TPSA) is 66.4 Å². The highest BCUT2D eigenvalue weighted by Crippen LogP contribution is 2.57. The lowest BCUT2D eigenvalue weighted by atomic mass is 9.54. The lowest BCUT2D eigenvalue weighted by Gasteiger charge is -2.55. The molecule has 94 valence electrons. The van der Waals surface area contributed by atoms with Gasteiger partial charge in [-0.2, -0.15) is 0 Å². The summed E-state index contributed by atoms with van der Waals surface area (Å²) in [6.07, 6.45) is 6.04. The van der Waals surface area contributed by atoms with E-state index in [2.05, 4.69) is 0 Å². The molecule has 0 atom stereocenters. The lowest BCUT2D eigenvalue weighted by molar-refractivity contribution is -0.305. The maximum Gasteiger partial charge on any atom is 0.312 e. The molecule has 0 heterocycles. The van der Waals surface area contributed by atoms with Crippen molar-refractivity contribution in [2.75, 3.05) is 0 Å². The molecule has 4 aliphatic rings. The van der Waals surface area contributed by atoms with Gasteiger partial charge in [-0.1, -0.05) is 0 Å². The maximum atomic E-state index is 11.5. The van der Waals surface area contributed by atoms with Gasteiger partial charge in [0.05, 0.1) is 12.4 Å². The Balaban J connectivity index is 1.70. The summed E-state index contributed by atoms with van der Waals surface area (Å²) in [6, 6.07) is 0. The second kappa shape index (κ2) is 3.72. The standard InChI is InChI=1S/C13H18O4/c14-11(15)4-12(16)17-13-5-8-1-9(6-13)3-10(2-8)7-13/h8-10H,1-7H2,(H,14,15)/p-1. The number of hydrogen-bond donors (Lipinski definition) is 0. The van der Waals surface area contributed by atoms with Crippen LogP contribution in [0.1, 0.15) is 44.9 Å². The quantitative estimate of drug-likeness (QED) is 0.533. The van der Waals surface area contributed by atoms with Gasteiger partial charge < -0.3 is 14.6 Å². The molecule has 0 amide bonds. The van der Waals surface area contributed by atoms with Crippen molar-refractivity contribution >= 4 is 11.9 Å². The molecule has 4 rings (SSSR count). The highest BCUT2D eigenvalue weighted by Gasteiger charge is 2.53. The first kappa shape index (κ1) is 11.1. The zero-order chi connectivity index (χ0) is 12.0. The Labute approximate surface area is 100 Å². The normalized spacial score (nSPS) is 42.5. The first-order valence-corrected chi connectivity index (χ1v) is 6.46. The van der Waals surface area contributed by atoms with Crippen LogP contribution in [0.15, 0.2) is 0 Å². The Morgan fingerprint density at radius 2 is 1.53 bits per heavy atom. The summed E-state index contributed by atoms with van der Waals surface area (Å²) in [5.74, 6) is 0.109. The van der Waals surface area contributed by atoms with Crippen molar-refractivity contribution < 1.29 is 19.4 Å². The number of carboxylic acids is 1. The number of carboxylic acid groups (broad SMARTS) is 1. The molecule has 17 heavy (non-hydrogen) atoms. The van der Waals surface area contributed by atoms with Crippen molar-refractivity contribution in [3.8, 4) is 0 Å². The molecule has 0 N–H and O–H groups in total. The third-order valence-electron chi connectivity index (χ3n) is 4.60. The first-order valence-electron chi connectivity index (χ1n) is 6.46. The molecule has 0 unspecified atom stereocenters. The second-order valence-corrected chi connectivity index (χ2v) is 6.12. The van der Waals surface area contributed by atoms with E-state index in [0.717, 1.165) is 19.3 Å². The van der Waals surface area contributed by atoms with Gasteiger partial charge in [0.2, 0.25) is 0 Å². The Morgan fingerprint density at radius 3 is 1.94 bits per heavy atom. The molecule has 4 nitrogen and oxygen atoms in total. The highest BCUT2D eigenvalue weighted by atomic mass is 16.6. The predicted molar refractivity (Wildman–Crippen MR) is 56.6 cm³/mol. The summed E-state index contributed by atoms with van der Waals surface area (Å²) in [7, 11) is 0. The number of rotatable bonds is 3. The van der Waals surface area contributed by atoms with E-state index in [1.54, 1.807) is 0 Å². The van der Waals surface area contributed by atoms with Crippen LogP contribution in [-0.2, 0) is 14.3 Å². The molecule has 0 aromatic heterocycles. The van der Waals surface area contributed by atoms with Crippen LogP contribution < -0.4 is 5.11 Å². The third-order valence-corrected chi connectivity index (χ3v) is 4.60. The minimum absolute atomic E-state index is 0.332. The number of carbonyl (C=O) groups is 2. The summed E-state index contributed by atoms with van der Waals surface area (Å²) in [4.78, 5) is 21.9. The van der Waals surface area contributed by atoms with Crippen LogP contribution in [0.3, 0.4) is 0 Å². The van der Waals surface area contributed by atoms with Crippen molar-refractivity contribution in [1.82, 2.24) is 0 Å². The number of hydrogen-bond acceptors (Lipinski definition) is 4. The van der Waals surface area contributed by atoms with Gasteiger partial charge in [-0.3, -0.25) is 4.79 Å². The minimum atomic E-state index is -1.35. The van der Waals surface area contributed by atoms with Crippen molar-refractivity contribution in [1.29, 1.82) is 0 Å². The average molecular weight is 237 g/mol. The van der Waals surface area contributed by atoms with E-state index >= 15 is 0 Å². The molecule has 4 heteroatoms. The molecule has 4 bridgehead atoms. The van der Waals surface area contributed by atoms with Crippen LogP contribution >= 0.6 is 0 Å². The maximum absolute atomic E-state index is 11.5. The Bertz CT molecular complexity index is 325. The Morgan fingerprint density at radius 1 is 1.06 bits per heavy atom. The molecule has 0 aromatic rings. The van der Waals surface area contributed by atoms with E-state index in [-0.39, 0.29) is 5.60 Å². The number of esters is 1. The monoisotopic (exact) mass is 237 g/mol. The van der Waals surface area contributed by atoms with Crippen LogP contribution in [0.2, 0.25) is 0 Å². The second-order valence-electron chi connectivity index (χ2n) is 6.12. The molecule has 0 aliphatic heterocycles. The largest absolute Gasteiger partial charge is 0.550 e. The third kappa shape index (κ3) is 2.05. The summed E-state index contributed by atoms with van der Waals surface area (Å²) >= 11 is 0. The van der Waals surface area contributed by atoms with E-state index in [1.807, 2.05) is 0 Å². The fourth-order valence-corrected chi connectivity index (χ4v) is 4.55. The molecule has 0 aromatic carbocycles. The average Bonchev–Trinajstić information content (AvgIpc) is 2.11.